The quantitative estimate of drug-likeness (QED) is 0.936. The molecule has 1 unspecified atom stereocenters. The lowest BCUT2D eigenvalue weighted by Gasteiger charge is -2.35. The van der Waals surface area contributed by atoms with Crippen LogP contribution in [-0.4, -0.2) is 52.7 Å². The Labute approximate surface area is 131 Å². The predicted molar refractivity (Wildman–Crippen MR) is 85.3 cm³/mol. The third kappa shape index (κ3) is 2.79. The van der Waals surface area contributed by atoms with Gasteiger partial charge in [-0.25, -0.2) is 4.68 Å². The van der Waals surface area contributed by atoms with E-state index in [1.165, 1.54) is 5.56 Å². The molecular formula is C17H23N3O2. The molecule has 1 aromatic heterocycles. The molecule has 1 aliphatic heterocycles. The number of para-hydroxylation sites is 1. The minimum atomic E-state index is 0.165. The zero-order chi connectivity index (χ0) is 15.5. The topological polar surface area (TPSA) is 50.5 Å². The Hall–Kier alpha value is -1.69. The van der Waals surface area contributed by atoms with E-state index in [0.29, 0.717) is 13.2 Å². The van der Waals surface area contributed by atoms with Crippen LogP contribution >= 0.6 is 0 Å². The number of morpholine rings is 1. The number of rotatable bonds is 4. The van der Waals surface area contributed by atoms with E-state index in [-0.39, 0.29) is 12.6 Å². The van der Waals surface area contributed by atoms with Crippen molar-refractivity contribution in [2.45, 2.75) is 19.9 Å². The van der Waals surface area contributed by atoms with Crippen molar-refractivity contribution in [2.75, 3.05) is 32.9 Å². The maximum atomic E-state index is 9.30. The molecule has 1 fully saturated rings. The molecule has 1 aliphatic rings. The van der Waals surface area contributed by atoms with Gasteiger partial charge in [0.25, 0.3) is 0 Å². The fourth-order valence-corrected chi connectivity index (χ4v) is 3.26. The average Bonchev–Trinajstić information content (AvgIpc) is 2.84. The molecule has 22 heavy (non-hydrogen) atoms. The Balaban J connectivity index is 1.98. The SMILES string of the molecule is Cc1nn(-c2ccccc2)c(C)c1C1COCCN1CCO. The van der Waals surface area contributed by atoms with Gasteiger partial charge in [-0.05, 0) is 26.0 Å². The molecule has 2 aromatic rings. The van der Waals surface area contributed by atoms with Crippen LogP contribution in [0.5, 0.6) is 0 Å². The summed E-state index contributed by atoms with van der Waals surface area (Å²) in [5.41, 5.74) is 4.46. The summed E-state index contributed by atoms with van der Waals surface area (Å²) in [7, 11) is 0. The summed E-state index contributed by atoms with van der Waals surface area (Å²) in [6, 6.07) is 10.3. The Morgan fingerprint density at radius 2 is 2.05 bits per heavy atom. The molecule has 5 heteroatoms. The molecule has 0 amide bonds. The van der Waals surface area contributed by atoms with Crippen LogP contribution in [0.4, 0.5) is 0 Å². The molecule has 5 nitrogen and oxygen atoms in total. The van der Waals surface area contributed by atoms with Crippen LogP contribution < -0.4 is 0 Å². The number of hydrogen-bond acceptors (Lipinski definition) is 4. The Bertz CT molecular complexity index is 622. The van der Waals surface area contributed by atoms with E-state index in [0.717, 1.165) is 30.2 Å². The van der Waals surface area contributed by atoms with E-state index >= 15 is 0 Å². The second-order valence-corrected chi connectivity index (χ2v) is 5.68. The molecule has 0 aliphatic carbocycles. The molecule has 1 N–H and O–H groups in total. The third-order valence-electron chi connectivity index (χ3n) is 4.31. The van der Waals surface area contributed by atoms with Crippen LogP contribution in [0.25, 0.3) is 5.69 Å². The standard InChI is InChI=1S/C17H23N3O2/c1-13-17(16-12-22-11-9-19(16)8-10-21)14(2)20(18-13)15-6-4-3-5-7-15/h3-7,16,21H,8-12H2,1-2H3. The van der Waals surface area contributed by atoms with Crippen molar-refractivity contribution in [1.82, 2.24) is 14.7 Å². The summed E-state index contributed by atoms with van der Waals surface area (Å²) in [5, 5.41) is 14.0. The third-order valence-corrected chi connectivity index (χ3v) is 4.31. The Kier molecular flexibility index (Phi) is 4.57. The van der Waals surface area contributed by atoms with Crippen LogP contribution in [0.1, 0.15) is 23.0 Å². The lowest BCUT2D eigenvalue weighted by Crippen LogP contribution is -2.41. The highest BCUT2D eigenvalue weighted by molar-refractivity contribution is 5.38. The van der Waals surface area contributed by atoms with E-state index in [2.05, 4.69) is 24.0 Å². The summed E-state index contributed by atoms with van der Waals surface area (Å²) < 4.78 is 7.67. The molecule has 118 valence electrons. The van der Waals surface area contributed by atoms with Crippen LogP contribution in [-0.2, 0) is 4.74 Å². The number of β-amino-alcohol motifs (C(OH)–C–C–N with tert-alkyl or cyclic N) is 1. The second kappa shape index (κ2) is 6.60. The van der Waals surface area contributed by atoms with Gasteiger partial charge in [0.15, 0.2) is 0 Å². The van der Waals surface area contributed by atoms with Gasteiger partial charge in [-0.2, -0.15) is 5.10 Å². The normalized spacial score (nSPS) is 19.5. The number of nitrogens with zero attached hydrogens (tertiary/aromatic N) is 3. The fourth-order valence-electron chi connectivity index (χ4n) is 3.26. The van der Waals surface area contributed by atoms with Gasteiger partial charge in [-0.1, -0.05) is 18.2 Å². The van der Waals surface area contributed by atoms with Crippen molar-refractivity contribution in [3.63, 3.8) is 0 Å². The second-order valence-electron chi connectivity index (χ2n) is 5.68. The number of ether oxygens (including phenoxy) is 1. The number of aryl methyl sites for hydroxylation is 1. The molecule has 3 rings (SSSR count). The fraction of sp³-hybridized carbons (Fsp3) is 0.471. The van der Waals surface area contributed by atoms with Crippen molar-refractivity contribution < 1.29 is 9.84 Å². The van der Waals surface area contributed by atoms with Crippen molar-refractivity contribution in [3.05, 3.63) is 47.3 Å². The summed E-state index contributed by atoms with van der Waals surface area (Å²) >= 11 is 0. The smallest absolute Gasteiger partial charge is 0.0665 e. The summed E-state index contributed by atoms with van der Waals surface area (Å²) in [4.78, 5) is 2.29. The molecule has 1 saturated heterocycles. The van der Waals surface area contributed by atoms with Crippen molar-refractivity contribution in [2.24, 2.45) is 0 Å². The first-order valence-corrected chi connectivity index (χ1v) is 7.76. The molecule has 2 heterocycles. The molecule has 1 aromatic carbocycles. The summed E-state index contributed by atoms with van der Waals surface area (Å²) in [5.74, 6) is 0. The van der Waals surface area contributed by atoms with Crippen molar-refractivity contribution >= 4 is 0 Å². The maximum Gasteiger partial charge on any atom is 0.0665 e. The van der Waals surface area contributed by atoms with Crippen LogP contribution in [0.2, 0.25) is 0 Å². The number of aliphatic hydroxyl groups is 1. The molecule has 0 spiro atoms. The van der Waals surface area contributed by atoms with Crippen LogP contribution in [0.3, 0.4) is 0 Å². The number of hydrogen-bond donors (Lipinski definition) is 1. The number of benzene rings is 1. The van der Waals surface area contributed by atoms with Gasteiger partial charge in [0.05, 0.1) is 37.2 Å². The minimum absolute atomic E-state index is 0.165. The molecule has 0 saturated carbocycles. The van der Waals surface area contributed by atoms with Crippen molar-refractivity contribution in [1.29, 1.82) is 0 Å². The van der Waals surface area contributed by atoms with E-state index < -0.39 is 0 Å². The Morgan fingerprint density at radius 3 is 2.77 bits per heavy atom. The average molecular weight is 301 g/mol. The van der Waals surface area contributed by atoms with Gasteiger partial charge >= 0.3 is 0 Å². The van der Waals surface area contributed by atoms with E-state index in [1.54, 1.807) is 0 Å². The number of aliphatic hydroxyl groups excluding tert-OH is 1. The van der Waals surface area contributed by atoms with E-state index in [9.17, 15) is 5.11 Å². The van der Waals surface area contributed by atoms with Gasteiger partial charge < -0.3 is 9.84 Å². The first-order chi connectivity index (χ1) is 10.7. The van der Waals surface area contributed by atoms with Crippen molar-refractivity contribution in [3.8, 4) is 5.69 Å². The molecule has 0 radical (unpaired) electrons. The Morgan fingerprint density at radius 1 is 1.27 bits per heavy atom. The molecular weight excluding hydrogens is 278 g/mol. The molecule has 1 atom stereocenters. The summed E-state index contributed by atoms with van der Waals surface area (Å²) in [6.07, 6.45) is 0. The monoisotopic (exact) mass is 301 g/mol. The van der Waals surface area contributed by atoms with Gasteiger partial charge in [-0.3, -0.25) is 4.90 Å². The maximum absolute atomic E-state index is 9.30. The largest absolute Gasteiger partial charge is 0.395 e. The first-order valence-electron chi connectivity index (χ1n) is 7.76. The lowest BCUT2D eigenvalue weighted by molar-refractivity contribution is -0.0150. The van der Waals surface area contributed by atoms with E-state index in [1.807, 2.05) is 29.8 Å². The number of aromatic nitrogens is 2. The zero-order valence-electron chi connectivity index (χ0n) is 13.2. The van der Waals surface area contributed by atoms with Gasteiger partial charge in [0.1, 0.15) is 0 Å². The predicted octanol–water partition coefficient (Wildman–Crippen LogP) is 1.85. The van der Waals surface area contributed by atoms with Gasteiger partial charge in [0.2, 0.25) is 0 Å². The van der Waals surface area contributed by atoms with Gasteiger partial charge in [-0.15, -0.1) is 0 Å². The van der Waals surface area contributed by atoms with Crippen LogP contribution in [0.15, 0.2) is 30.3 Å². The summed E-state index contributed by atoms with van der Waals surface area (Å²) in [6.45, 7) is 7.22. The van der Waals surface area contributed by atoms with Gasteiger partial charge in [0, 0.05) is 24.3 Å². The highest BCUT2D eigenvalue weighted by Crippen LogP contribution is 2.30. The zero-order valence-corrected chi connectivity index (χ0v) is 13.2. The first kappa shape index (κ1) is 15.2. The minimum Gasteiger partial charge on any atom is -0.395 e. The molecule has 0 bridgehead atoms. The lowest BCUT2D eigenvalue weighted by atomic mass is 10.0. The van der Waals surface area contributed by atoms with E-state index in [4.69, 9.17) is 9.84 Å². The highest BCUT2D eigenvalue weighted by Gasteiger charge is 2.29. The highest BCUT2D eigenvalue weighted by atomic mass is 16.5. The van der Waals surface area contributed by atoms with Crippen LogP contribution in [0, 0.1) is 13.8 Å².